The molecular weight excluding hydrogens is 222 g/mol. The highest BCUT2D eigenvalue weighted by molar-refractivity contribution is 6.31. The van der Waals surface area contributed by atoms with Crippen molar-refractivity contribution in [1.29, 1.82) is 0 Å². The zero-order chi connectivity index (χ0) is 10.1. The van der Waals surface area contributed by atoms with Gasteiger partial charge in [-0.15, -0.1) is 11.6 Å². The van der Waals surface area contributed by atoms with Crippen molar-refractivity contribution in [3.05, 3.63) is 34.6 Å². The van der Waals surface area contributed by atoms with Gasteiger partial charge in [0.15, 0.2) is 0 Å². The Hall–Kier alpha value is -0.270. The molecule has 1 aliphatic carbocycles. The number of hydrogen-bond acceptors (Lipinski definition) is 0. The second-order valence-corrected chi connectivity index (χ2v) is 4.73. The molecule has 1 atom stereocenters. The lowest BCUT2D eigenvalue weighted by Gasteiger charge is -2.10. The molecule has 0 nitrogen and oxygen atoms in total. The second-order valence-electron chi connectivity index (χ2n) is 3.76. The first-order chi connectivity index (χ1) is 6.68. The highest BCUT2D eigenvalue weighted by atomic mass is 35.5. The number of alkyl halides is 1. The van der Waals surface area contributed by atoms with Crippen molar-refractivity contribution in [1.82, 2.24) is 0 Å². The lowest BCUT2D eigenvalue weighted by molar-refractivity contribution is 0.599. The van der Waals surface area contributed by atoms with Gasteiger partial charge in [-0.1, -0.05) is 17.7 Å². The lowest BCUT2D eigenvalue weighted by atomic mass is 10.1. The molecule has 1 unspecified atom stereocenters. The van der Waals surface area contributed by atoms with E-state index in [1.807, 2.05) is 0 Å². The fourth-order valence-corrected chi connectivity index (χ4v) is 2.19. The highest BCUT2D eigenvalue weighted by Crippen LogP contribution is 2.38. The van der Waals surface area contributed by atoms with E-state index in [2.05, 4.69) is 0 Å². The van der Waals surface area contributed by atoms with E-state index in [0.717, 1.165) is 0 Å². The van der Waals surface area contributed by atoms with Crippen LogP contribution in [-0.4, -0.2) is 5.38 Å². The topological polar surface area (TPSA) is 0 Å². The predicted octanol–water partition coefficient (Wildman–Crippen LogP) is 4.04. The molecule has 0 N–H and O–H groups in total. The van der Waals surface area contributed by atoms with Crippen molar-refractivity contribution < 1.29 is 4.39 Å². The molecule has 1 aromatic carbocycles. The van der Waals surface area contributed by atoms with Crippen LogP contribution >= 0.6 is 23.2 Å². The molecule has 0 spiro atoms. The third kappa shape index (κ3) is 2.21. The summed E-state index contributed by atoms with van der Waals surface area (Å²) >= 11 is 12.0. The first-order valence-corrected chi connectivity index (χ1v) is 5.57. The van der Waals surface area contributed by atoms with Crippen LogP contribution in [0.25, 0.3) is 0 Å². The summed E-state index contributed by atoms with van der Waals surface area (Å²) < 4.78 is 13.4. The van der Waals surface area contributed by atoms with Crippen molar-refractivity contribution in [2.45, 2.75) is 24.6 Å². The standard InChI is InChI=1S/C11H11Cl2F/c12-9-2-1-3-11(14)8(9)6-10(13)7-4-5-7/h1-3,7,10H,4-6H2. The van der Waals surface area contributed by atoms with Gasteiger partial charge in [0.25, 0.3) is 0 Å². The molecule has 1 aliphatic rings. The van der Waals surface area contributed by atoms with Gasteiger partial charge >= 0.3 is 0 Å². The highest BCUT2D eigenvalue weighted by Gasteiger charge is 2.30. The molecule has 0 radical (unpaired) electrons. The summed E-state index contributed by atoms with van der Waals surface area (Å²) in [5.41, 5.74) is 0.557. The van der Waals surface area contributed by atoms with Gasteiger partial charge in [-0.05, 0) is 37.3 Å². The van der Waals surface area contributed by atoms with Crippen LogP contribution in [0.4, 0.5) is 4.39 Å². The summed E-state index contributed by atoms with van der Waals surface area (Å²) in [6.45, 7) is 0. The van der Waals surface area contributed by atoms with Gasteiger partial charge < -0.3 is 0 Å². The first kappa shape index (κ1) is 10.3. The van der Waals surface area contributed by atoms with Gasteiger partial charge in [0.2, 0.25) is 0 Å². The summed E-state index contributed by atoms with van der Waals surface area (Å²) in [7, 11) is 0. The SMILES string of the molecule is Fc1cccc(Cl)c1CC(Cl)C1CC1. The minimum absolute atomic E-state index is 0.0319. The maximum absolute atomic E-state index is 13.4. The van der Waals surface area contributed by atoms with E-state index in [0.29, 0.717) is 22.9 Å². The summed E-state index contributed by atoms with van der Waals surface area (Å²) in [5, 5.41) is 0.515. The van der Waals surface area contributed by atoms with Gasteiger partial charge in [-0.3, -0.25) is 0 Å². The van der Waals surface area contributed by atoms with E-state index < -0.39 is 0 Å². The first-order valence-electron chi connectivity index (χ1n) is 4.75. The lowest BCUT2D eigenvalue weighted by Crippen LogP contribution is -2.07. The van der Waals surface area contributed by atoms with Gasteiger partial charge in [0.05, 0.1) is 0 Å². The molecule has 76 valence electrons. The summed E-state index contributed by atoms with van der Waals surface area (Å²) in [6.07, 6.45) is 2.87. The molecule has 0 aromatic heterocycles. The van der Waals surface area contributed by atoms with Crippen LogP contribution in [-0.2, 0) is 6.42 Å². The van der Waals surface area contributed by atoms with E-state index in [9.17, 15) is 4.39 Å². The summed E-state index contributed by atoms with van der Waals surface area (Å²) in [5.74, 6) is 0.316. The molecule has 14 heavy (non-hydrogen) atoms. The number of halogens is 3. The Morgan fingerprint density at radius 1 is 1.43 bits per heavy atom. The van der Waals surface area contributed by atoms with Gasteiger partial charge in [-0.25, -0.2) is 4.39 Å². The van der Waals surface area contributed by atoms with Gasteiger partial charge in [0.1, 0.15) is 5.82 Å². The zero-order valence-corrected chi connectivity index (χ0v) is 9.15. The van der Waals surface area contributed by atoms with Crippen molar-refractivity contribution in [2.24, 2.45) is 5.92 Å². The van der Waals surface area contributed by atoms with Crippen LogP contribution in [0.15, 0.2) is 18.2 Å². The predicted molar refractivity (Wildman–Crippen MR) is 57.5 cm³/mol. The third-order valence-electron chi connectivity index (χ3n) is 2.59. The minimum Gasteiger partial charge on any atom is -0.207 e. The van der Waals surface area contributed by atoms with Crippen molar-refractivity contribution in [3.8, 4) is 0 Å². The Morgan fingerprint density at radius 2 is 2.14 bits per heavy atom. The average Bonchev–Trinajstić information content (AvgIpc) is 2.94. The number of benzene rings is 1. The normalized spacial score (nSPS) is 18.2. The maximum atomic E-state index is 13.4. The van der Waals surface area contributed by atoms with Crippen molar-refractivity contribution >= 4 is 23.2 Å². The fraction of sp³-hybridized carbons (Fsp3) is 0.455. The fourth-order valence-electron chi connectivity index (χ4n) is 1.55. The smallest absolute Gasteiger partial charge is 0.127 e. The average molecular weight is 233 g/mol. The molecule has 1 aromatic rings. The Balaban J connectivity index is 2.14. The van der Waals surface area contributed by atoms with E-state index >= 15 is 0 Å². The summed E-state index contributed by atoms with van der Waals surface area (Å²) in [6, 6.07) is 4.75. The molecule has 0 heterocycles. The Bertz CT molecular complexity index is 314. The Kier molecular flexibility index (Phi) is 2.99. The van der Waals surface area contributed by atoms with Gasteiger partial charge in [-0.2, -0.15) is 0 Å². The van der Waals surface area contributed by atoms with E-state index in [-0.39, 0.29) is 11.2 Å². The Labute approximate surface area is 93.0 Å². The van der Waals surface area contributed by atoms with Crippen LogP contribution < -0.4 is 0 Å². The minimum atomic E-state index is -0.246. The van der Waals surface area contributed by atoms with E-state index in [1.165, 1.54) is 18.9 Å². The molecule has 1 fully saturated rings. The van der Waals surface area contributed by atoms with Crippen LogP contribution in [0.2, 0.25) is 5.02 Å². The maximum Gasteiger partial charge on any atom is 0.127 e. The molecule has 0 amide bonds. The molecule has 1 saturated carbocycles. The largest absolute Gasteiger partial charge is 0.207 e. The van der Waals surface area contributed by atoms with Crippen LogP contribution in [0.1, 0.15) is 18.4 Å². The van der Waals surface area contributed by atoms with Crippen LogP contribution in [0.3, 0.4) is 0 Å². The Morgan fingerprint density at radius 3 is 2.71 bits per heavy atom. The van der Waals surface area contributed by atoms with Crippen LogP contribution in [0.5, 0.6) is 0 Å². The third-order valence-corrected chi connectivity index (χ3v) is 3.46. The number of rotatable bonds is 3. The monoisotopic (exact) mass is 232 g/mol. The number of hydrogen-bond donors (Lipinski definition) is 0. The summed E-state index contributed by atoms with van der Waals surface area (Å²) in [4.78, 5) is 0. The molecule has 2 rings (SSSR count). The van der Waals surface area contributed by atoms with E-state index in [4.69, 9.17) is 23.2 Å². The van der Waals surface area contributed by atoms with Crippen molar-refractivity contribution in [3.63, 3.8) is 0 Å². The van der Waals surface area contributed by atoms with Crippen LogP contribution in [0, 0.1) is 11.7 Å². The molecule has 0 aliphatic heterocycles. The van der Waals surface area contributed by atoms with Crippen molar-refractivity contribution in [2.75, 3.05) is 0 Å². The molecule has 0 saturated heterocycles. The zero-order valence-electron chi connectivity index (χ0n) is 7.64. The second kappa shape index (κ2) is 4.08. The molecular formula is C11H11Cl2F. The quantitative estimate of drug-likeness (QED) is 0.691. The van der Waals surface area contributed by atoms with Gasteiger partial charge in [0, 0.05) is 16.0 Å². The van der Waals surface area contributed by atoms with E-state index in [1.54, 1.807) is 12.1 Å². The molecule has 0 bridgehead atoms. The molecule has 3 heteroatoms.